The molecule has 3 rings (SSSR count). The van der Waals surface area contributed by atoms with Gasteiger partial charge in [0.05, 0.1) is 6.61 Å². The van der Waals surface area contributed by atoms with Crippen LogP contribution in [0, 0.1) is 5.82 Å². The minimum atomic E-state index is -0.276. The molecule has 3 nitrogen and oxygen atoms in total. The van der Waals surface area contributed by atoms with Gasteiger partial charge in [-0.1, -0.05) is 24.3 Å². The SMILES string of the molecule is OCc1ccccc1Oc1cccc(F)c1CNC1CC1. The third kappa shape index (κ3) is 3.40. The molecule has 1 fully saturated rings. The normalized spacial score (nSPS) is 14.2. The summed E-state index contributed by atoms with van der Waals surface area (Å²) in [5.41, 5.74) is 1.21. The maximum atomic E-state index is 14.0. The molecule has 0 bridgehead atoms. The molecule has 0 amide bonds. The lowest BCUT2D eigenvalue weighted by molar-refractivity contribution is 0.276. The highest BCUT2D eigenvalue weighted by molar-refractivity contribution is 5.41. The number of benzene rings is 2. The van der Waals surface area contributed by atoms with Gasteiger partial charge < -0.3 is 15.2 Å². The van der Waals surface area contributed by atoms with Crippen LogP contribution in [0.2, 0.25) is 0 Å². The molecular weight excluding hydrogens is 269 g/mol. The van der Waals surface area contributed by atoms with Crippen molar-refractivity contribution in [1.82, 2.24) is 5.32 Å². The highest BCUT2D eigenvalue weighted by atomic mass is 19.1. The zero-order valence-corrected chi connectivity index (χ0v) is 11.7. The van der Waals surface area contributed by atoms with Crippen molar-refractivity contribution in [3.63, 3.8) is 0 Å². The van der Waals surface area contributed by atoms with E-state index in [1.165, 1.54) is 6.07 Å². The van der Waals surface area contributed by atoms with E-state index >= 15 is 0 Å². The Morgan fingerprint density at radius 2 is 1.86 bits per heavy atom. The maximum Gasteiger partial charge on any atom is 0.134 e. The van der Waals surface area contributed by atoms with Gasteiger partial charge in [-0.15, -0.1) is 0 Å². The fraction of sp³-hybridized carbons (Fsp3) is 0.294. The Bertz CT molecular complexity index is 626. The first kappa shape index (κ1) is 14.0. The van der Waals surface area contributed by atoms with E-state index < -0.39 is 0 Å². The van der Waals surface area contributed by atoms with Crippen LogP contribution in [0.4, 0.5) is 4.39 Å². The molecule has 0 spiro atoms. The molecule has 4 heteroatoms. The van der Waals surface area contributed by atoms with Gasteiger partial charge in [0.25, 0.3) is 0 Å². The molecule has 2 N–H and O–H groups in total. The molecule has 0 heterocycles. The minimum Gasteiger partial charge on any atom is -0.457 e. The Morgan fingerprint density at radius 3 is 2.62 bits per heavy atom. The Morgan fingerprint density at radius 1 is 1.10 bits per heavy atom. The monoisotopic (exact) mass is 287 g/mol. The Hall–Kier alpha value is -1.91. The summed E-state index contributed by atoms with van der Waals surface area (Å²) in [5.74, 6) is 0.768. The van der Waals surface area contributed by atoms with Gasteiger partial charge in [-0.05, 0) is 31.0 Å². The summed E-state index contributed by atoms with van der Waals surface area (Å²) in [6.45, 7) is 0.342. The average Bonchev–Trinajstić information content (AvgIpc) is 3.31. The standard InChI is InChI=1S/C17H18FNO2/c18-15-5-3-7-17(14(15)10-19-13-8-9-13)21-16-6-2-1-4-12(16)11-20/h1-7,13,19-20H,8-11H2. The zero-order valence-electron chi connectivity index (χ0n) is 11.7. The van der Waals surface area contributed by atoms with Gasteiger partial charge in [0.2, 0.25) is 0 Å². The van der Waals surface area contributed by atoms with Crippen molar-refractivity contribution in [3.8, 4) is 11.5 Å². The Kier molecular flexibility index (Phi) is 4.18. The minimum absolute atomic E-state index is 0.110. The third-order valence-corrected chi connectivity index (χ3v) is 3.58. The molecule has 1 aliphatic carbocycles. The maximum absolute atomic E-state index is 14.0. The second-order valence-electron chi connectivity index (χ2n) is 5.24. The summed E-state index contributed by atoms with van der Waals surface area (Å²) in [4.78, 5) is 0. The van der Waals surface area contributed by atoms with Crippen LogP contribution in [-0.2, 0) is 13.2 Å². The molecule has 110 valence electrons. The summed E-state index contributed by atoms with van der Waals surface area (Å²) in [6.07, 6.45) is 2.30. The fourth-order valence-electron chi connectivity index (χ4n) is 2.19. The lowest BCUT2D eigenvalue weighted by atomic mass is 10.1. The van der Waals surface area contributed by atoms with Crippen LogP contribution >= 0.6 is 0 Å². The van der Waals surface area contributed by atoms with Crippen molar-refractivity contribution >= 4 is 0 Å². The highest BCUT2D eigenvalue weighted by Gasteiger charge is 2.22. The molecular formula is C17H18FNO2. The van der Waals surface area contributed by atoms with E-state index in [1.54, 1.807) is 24.3 Å². The van der Waals surface area contributed by atoms with E-state index in [0.717, 1.165) is 12.8 Å². The number of halogens is 1. The van der Waals surface area contributed by atoms with Gasteiger partial charge >= 0.3 is 0 Å². The number of aliphatic hydroxyl groups excluding tert-OH is 1. The van der Waals surface area contributed by atoms with Gasteiger partial charge in [-0.2, -0.15) is 0 Å². The summed E-state index contributed by atoms with van der Waals surface area (Å²) >= 11 is 0. The van der Waals surface area contributed by atoms with Crippen LogP contribution in [0.1, 0.15) is 24.0 Å². The molecule has 2 aromatic rings. The summed E-state index contributed by atoms with van der Waals surface area (Å²) in [7, 11) is 0. The zero-order chi connectivity index (χ0) is 14.7. The number of nitrogens with one attached hydrogen (secondary N) is 1. The Labute approximate surface area is 123 Å². The molecule has 0 aromatic heterocycles. The van der Waals surface area contributed by atoms with Gasteiger partial charge in [0.1, 0.15) is 17.3 Å². The first-order chi connectivity index (χ1) is 10.3. The number of rotatable bonds is 6. The molecule has 0 unspecified atom stereocenters. The molecule has 0 aliphatic heterocycles. The summed E-state index contributed by atoms with van der Waals surface area (Å²) < 4.78 is 19.9. The van der Waals surface area contributed by atoms with Crippen molar-refractivity contribution in [2.24, 2.45) is 0 Å². The predicted octanol–water partition coefficient (Wildman–Crippen LogP) is 3.36. The van der Waals surface area contributed by atoms with Crippen molar-refractivity contribution < 1.29 is 14.2 Å². The Balaban J connectivity index is 1.84. The first-order valence-electron chi connectivity index (χ1n) is 7.15. The van der Waals surface area contributed by atoms with E-state index in [1.807, 2.05) is 12.1 Å². The van der Waals surface area contributed by atoms with Crippen LogP contribution in [0.3, 0.4) is 0 Å². The lowest BCUT2D eigenvalue weighted by Gasteiger charge is -2.14. The van der Waals surface area contributed by atoms with Gasteiger partial charge in [0.15, 0.2) is 0 Å². The number of hydrogen-bond acceptors (Lipinski definition) is 3. The van der Waals surface area contributed by atoms with Crippen LogP contribution in [0.15, 0.2) is 42.5 Å². The molecule has 1 aliphatic rings. The molecule has 21 heavy (non-hydrogen) atoms. The number of hydrogen-bond donors (Lipinski definition) is 2. The summed E-state index contributed by atoms with van der Waals surface area (Å²) in [5, 5.41) is 12.6. The fourth-order valence-corrected chi connectivity index (χ4v) is 2.19. The average molecular weight is 287 g/mol. The molecule has 1 saturated carbocycles. The van der Waals surface area contributed by atoms with Crippen LogP contribution in [-0.4, -0.2) is 11.1 Å². The largest absolute Gasteiger partial charge is 0.457 e. The predicted molar refractivity (Wildman–Crippen MR) is 78.7 cm³/mol. The number of ether oxygens (including phenoxy) is 1. The molecule has 0 radical (unpaired) electrons. The molecule has 0 atom stereocenters. The van der Waals surface area contributed by atoms with E-state index in [-0.39, 0.29) is 12.4 Å². The van der Waals surface area contributed by atoms with E-state index in [4.69, 9.17) is 4.74 Å². The second kappa shape index (κ2) is 6.24. The summed E-state index contributed by atoms with van der Waals surface area (Å²) in [6, 6.07) is 12.5. The van der Waals surface area contributed by atoms with Gasteiger partial charge in [-0.3, -0.25) is 0 Å². The highest BCUT2D eigenvalue weighted by Crippen LogP contribution is 2.30. The van der Waals surface area contributed by atoms with Crippen LogP contribution in [0.5, 0.6) is 11.5 Å². The molecule has 2 aromatic carbocycles. The second-order valence-corrected chi connectivity index (χ2v) is 5.24. The van der Waals surface area contributed by atoms with E-state index in [0.29, 0.717) is 35.2 Å². The lowest BCUT2D eigenvalue weighted by Crippen LogP contribution is -2.16. The number of aliphatic hydroxyl groups is 1. The van der Waals surface area contributed by atoms with Gasteiger partial charge in [-0.25, -0.2) is 4.39 Å². The first-order valence-corrected chi connectivity index (χ1v) is 7.15. The van der Waals surface area contributed by atoms with Crippen LogP contribution in [0.25, 0.3) is 0 Å². The molecule has 0 saturated heterocycles. The third-order valence-electron chi connectivity index (χ3n) is 3.58. The number of para-hydroxylation sites is 1. The topological polar surface area (TPSA) is 41.5 Å². The van der Waals surface area contributed by atoms with Crippen molar-refractivity contribution in [1.29, 1.82) is 0 Å². The van der Waals surface area contributed by atoms with E-state index in [9.17, 15) is 9.50 Å². The van der Waals surface area contributed by atoms with Crippen LogP contribution < -0.4 is 10.1 Å². The van der Waals surface area contributed by atoms with Crippen molar-refractivity contribution in [2.45, 2.75) is 32.0 Å². The quantitative estimate of drug-likeness (QED) is 0.856. The van der Waals surface area contributed by atoms with Crippen molar-refractivity contribution in [3.05, 3.63) is 59.4 Å². The smallest absolute Gasteiger partial charge is 0.134 e. The van der Waals surface area contributed by atoms with Gasteiger partial charge in [0, 0.05) is 23.7 Å². The van der Waals surface area contributed by atoms with Crippen molar-refractivity contribution in [2.75, 3.05) is 0 Å². The van der Waals surface area contributed by atoms with E-state index in [2.05, 4.69) is 5.32 Å².